The minimum Gasteiger partial charge on any atom is -0.393 e. The van der Waals surface area contributed by atoms with E-state index in [1.165, 1.54) is 0 Å². The van der Waals surface area contributed by atoms with Gasteiger partial charge in [-0.1, -0.05) is 60.7 Å². The molecule has 0 spiro atoms. The highest BCUT2D eigenvalue weighted by atomic mass is 16.6. The Kier molecular flexibility index (Phi) is 3.51. The topological polar surface area (TPSA) is 107 Å². The molecule has 2 aromatic rings. The van der Waals surface area contributed by atoms with Crippen LogP contribution in [0.15, 0.2) is 60.7 Å². The molecule has 2 bridgehead atoms. The molecule has 6 atom stereocenters. The highest BCUT2D eigenvalue weighted by molar-refractivity contribution is 6.13. The smallest absolute Gasteiger partial charge is 0.320 e. The van der Waals surface area contributed by atoms with Crippen LogP contribution in [0.25, 0.3) is 11.1 Å². The number of rotatable bonds is 2. The van der Waals surface area contributed by atoms with Crippen molar-refractivity contribution in [2.24, 2.45) is 29.6 Å². The van der Waals surface area contributed by atoms with Gasteiger partial charge in [-0.25, -0.2) is 0 Å². The van der Waals surface area contributed by atoms with Crippen molar-refractivity contribution >= 4 is 35.0 Å². The average molecular weight is 416 g/mol. The van der Waals surface area contributed by atoms with E-state index < -0.39 is 59.1 Å². The molecule has 0 amide bonds. The standard InChI is InChI=1S/C24H16O7/c25-20-15-14-13(11-7-3-1-4-8-11)17(12-9-5-2-6-10-12)24(29,18(15)22(27)30-20)19-16(14)21(26)31-23(19)28/h1-10,14-16,18-19,29H/t14?,15-,16+,18-,19-,24?/m1/s1. The molecule has 3 aliphatic carbocycles. The molecular formula is C24H16O7. The highest BCUT2D eigenvalue weighted by Gasteiger charge is 2.77. The summed E-state index contributed by atoms with van der Waals surface area (Å²) in [5, 5.41) is 12.2. The number of carbonyl (C=O) groups excluding carboxylic acids is 4. The maximum atomic E-state index is 12.7. The SMILES string of the molecule is O=C1OC(=O)[C@H]2[C@H]1C1C(c3ccccc3)=C(c3ccccc3)C2(O)[C@H]2C(=O)OC(=O)[C@@H]12. The Morgan fingerprint density at radius 2 is 1.06 bits per heavy atom. The molecule has 7 rings (SSSR count). The van der Waals surface area contributed by atoms with Crippen molar-refractivity contribution in [3.05, 3.63) is 71.8 Å². The third-order valence-electron chi connectivity index (χ3n) is 7.05. The minimum absolute atomic E-state index is 0.366. The van der Waals surface area contributed by atoms with Gasteiger partial charge in [0.15, 0.2) is 0 Å². The fraction of sp³-hybridized carbons (Fsp3) is 0.250. The highest BCUT2D eigenvalue weighted by Crippen LogP contribution is 2.67. The van der Waals surface area contributed by atoms with E-state index in [9.17, 15) is 24.3 Å². The molecule has 2 saturated heterocycles. The molecule has 7 nitrogen and oxygen atoms in total. The predicted molar refractivity (Wildman–Crippen MR) is 104 cm³/mol. The van der Waals surface area contributed by atoms with Gasteiger partial charge in [0.05, 0.1) is 11.8 Å². The van der Waals surface area contributed by atoms with Gasteiger partial charge < -0.3 is 14.6 Å². The Balaban J connectivity index is 1.76. The summed E-state index contributed by atoms with van der Waals surface area (Å²) in [5.74, 6) is -8.88. The lowest BCUT2D eigenvalue weighted by Gasteiger charge is -2.54. The van der Waals surface area contributed by atoms with Gasteiger partial charge in [-0.15, -0.1) is 0 Å². The summed E-state index contributed by atoms with van der Waals surface area (Å²) < 4.78 is 9.86. The summed E-state index contributed by atoms with van der Waals surface area (Å²) >= 11 is 0. The summed E-state index contributed by atoms with van der Waals surface area (Å²) in [6, 6.07) is 18.0. The maximum absolute atomic E-state index is 12.7. The molecular weight excluding hydrogens is 400 g/mol. The van der Waals surface area contributed by atoms with Crippen LogP contribution in [0.2, 0.25) is 0 Å². The van der Waals surface area contributed by atoms with E-state index in [2.05, 4.69) is 0 Å². The van der Waals surface area contributed by atoms with Gasteiger partial charge >= 0.3 is 23.9 Å². The Morgan fingerprint density at radius 1 is 0.613 bits per heavy atom. The van der Waals surface area contributed by atoms with Crippen molar-refractivity contribution in [1.29, 1.82) is 0 Å². The van der Waals surface area contributed by atoms with Gasteiger partial charge in [-0.2, -0.15) is 0 Å². The Morgan fingerprint density at radius 3 is 1.55 bits per heavy atom. The first-order valence-electron chi connectivity index (χ1n) is 10.0. The van der Waals surface area contributed by atoms with E-state index in [1.54, 1.807) is 24.3 Å². The fourth-order valence-electron chi connectivity index (χ4n) is 6.06. The van der Waals surface area contributed by atoms with Crippen LogP contribution in [-0.4, -0.2) is 34.6 Å². The zero-order valence-corrected chi connectivity index (χ0v) is 16.1. The van der Waals surface area contributed by atoms with Crippen molar-refractivity contribution in [3.8, 4) is 0 Å². The molecule has 3 fully saturated rings. The number of aliphatic hydroxyl groups is 1. The summed E-state index contributed by atoms with van der Waals surface area (Å²) in [7, 11) is 0. The van der Waals surface area contributed by atoms with Crippen molar-refractivity contribution in [2.75, 3.05) is 0 Å². The molecule has 2 heterocycles. The summed E-state index contributed by atoms with van der Waals surface area (Å²) in [6.07, 6.45) is 0. The van der Waals surface area contributed by atoms with Gasteiger partial charge in [0.1, 0.15) is 17.4 Å². The first kappa shape index (κ1) is 18.2. The van der Waals surface area contributed by atoms with E-state index in [0.717, 1.165) is 0 Å². The first-order valence-corrected chi connectivity index (χ1v) is 10.0. The third kappa shape index (κ3) is 2.11. The monoisotopic (exact) mass is 416 g/mol. The van der Waals surface area contributed by atoms with Crippen LogP contribution in [0.1, 0.15) is 11.1 Å². The zero-order valence-electron chi connectivity index (χ0n) is 16.1. The number of benzene rings is 2. The molecule has 2 aromatic carbocycles. The molecule has 7 heteroatoms. The molecule has 31 heavy (non-hydrogen) atoms. The van der Waals surface area contributed by atoms with Crippen LogP contribution >= 0.6 is 0 Å². The van der Waals surface area contributed by atoms with Crippen molar-refractivity contribution in [2.45, 2.75) is 5.60 Å². The van der Waals surface area contributed by atoms with Gasteiger partial charge in [0.2, 0.25) is 0 Å². The number of esters is 4. The second-order valence-electron chi connectivity index (χ2n) is 8.36. The van der Waals surface area contributed by atoms with E-state index in [1.807, 2.05) is 36.4 Å². The minimum atomic E-state index is -2.12. The van der Waals surface area contributed by atoms with Crippen molar-refractivity contribution in [1.82, 2.24) is 0 Å². The molecule has 154 valence electrons. The van der Waals surface area contributed by atoms with E-state index in [0.29, 0.717) is 22.3 Å². The lowest BCUT2D eigenvalue weighted by molar-refractivity contribution is -0.161. The van der Waals surface area contributed by atoms with Crippen LogP contribution in [0.3, 0.4) is 0 Å². The average Bonchev–Trinajstić information content (AvgIpc) is 3.25. The Hall–Kier alpha value is -3.58. The zero-order chi connectivity index (χ0) is 21.5. The van der Waals surface area contributed by atoms with Crippen LogP contribution in [0.5, 0.6) is 0 Å². The quantitative estimate of drug-likeness (QED) is 0.585. The number of ether oxygens (including phenoxy) is 2. The number of hydrogen-bond donors (Lipinski definition) is 1. The molecule has 2 unspecified atom stereocenters. The van der Waals surface area contributed by atoms with E-state index in [-0.39, 0.29) is 0 Å². The van der Waals surface area contributed by atoms with Gasteiger partial charge in [-0.3, -0.25) is 19.2 Å². The molecule has 1 N–H and O–H groups in total. The predicted octanol–water partition coefficient (Wildman–Crippen LogP) is 1.60. The summed E-state index contributed by atoms with van der Waals surface area (Å²) in [4.78, 5) is 51.0. The molecule has 0 aromatic heterocycles. The first-order chi connectivity index (χ1) is 14.9. The van der Waals surface area contributed by atoms with Crippen LogP contribution in [0, 0.1) is 29.6 Å². The number of cyclic esters (lactones) is 4. The largest absolute Gasteiger partial charge is 0.393 e. The number of allylic oxidation sites excluding steroid dienone is 1. The molecule has 0 radical (unpaired) electrons. The number of hydrogen-bond acceptors (Lipinski definition) is 7. The lowest BCUT2D eigenvalue weighted by Crippen LogP contribution is -2.64. The molecule has 2 aliphatic heterocycles. The summed E-state index contributed by atoms with van der Waals surface area (Å²) in [6.45, 7) is 0. The van der Waals surface area contributed by atoms with Crippen LogP contribution < -0.4 is 0 Å². The maximum Gasteiger partial charge on any atom is 0.320 e. The van der Waals surface area contributed by atoms with Crippen molar-refractivity contribution < 1.29 is 33.8 Å². The third-order valence-corrected chi connectivity index (χ3v) is 7.05. The van der Waals surface area contributed by atoms with Gasteiger partial charge in [0, 0.05) is 5.92 Å². The lowest BCUT2D eigenvalue weighted by atomic mass is 9.45. The Bertz CT molecular complexity index is 1150. The normalized spacial score (nSPS) is 35.7. The summed E-state index contributed by atoms with van der Waals surface area (Å²) in [5.41, 5.74) is 0.106. The second-order valence-corrected chi connectivity index (χ2v) is 8.36. The Labute approximate surface area is 176 Å². The molecule has 1 saturated carbocycles. The van der Waals surface area contributed by atoms with Crippen LogP contribution in [0.4, 0.5) is 0 Å². The molecule has 5 aliphatic rings. The van der Waals surface area contributed by atoms with Crippen LogP contribution in [-0.2, 0) is 28.7 Å². The van der Waals surface area contributed by atoms with Gasteiger partial charge in [-0.05, 0) is 22.3 Å². The van der Waals surface area contributed by atoms with E-state index >= 15 is 0 Å². The van der Waals surface area contributed by atoms with Gasteiger partial charge in [0.25, 0.3) is 0 Å². The van der Waals surface area contributed by atoms with Crippen molar-refractivity contribution in [3.63, 3.8) is 0 Å². The number of carbonyl (C=O) groups is 4. The second kappa shape index (κ2) is 5.98. The van der Waals surface area contributed by atoms with E-state index in [4.69, 9.17) is 9.47 Å². The fourth-order valence-corrected chi connectivity index (χ4v) is 6.06.